The van der Waals surface area contributed by atoms with Gasteiger partial charge in [-0.1, -0.05) is 0 Å². The molecule has 0 radical (unpaired) electrons. The minimum Gasteiger partial charge on any atom is -0.370 e. The summed E-state index contributed by atoms with van der Waals surface area (Å²) in [6.45, 7) is 0.918. The number of carbonyl (C=O) groups excluding carboxylic acids is 1. The fourth-order valence-corrected chi connectivity index (χ4v) is 3.68. The van der Waals surface area contributed by atoms with Gasteiger partial charge in [-0.25, -0.2) is 9.97 Å². The summed E-state index contributed by atoms with van der Waals surface area (Å²) in [5, 5.41) is 6.20. The van der Waals surface area contributed by atoms with Crippen molar-refractivity contribution < 1.29 is 4.79 Å². The summed E-state index contributed by atoms with van der Waals surface area (Å²) >= 11 is 0. The van der Waals surface area contributed by atoms with Crippen molar-refractivity contribution in [3.63, 3.8) is 0 Å². The third-order valence-electron chi connectivity index (χ3n) is 5.32. The Morgan fingerprint density at radius 2 is 2.00 bits per heavy atom. The SMILES string of the molecule is CNC(=O)C1CCC(CNc2cc(C3CC(N)C3)ncn2)CC1. The van der Waals surface area contributed by atoms with Gasteiger partial charge in [0.1, 0.15) is 12.1 Å². The largest absolute Gasteiger partial charge is 0.370 e. The van der Waals surface area contributed by atoms with Crippen LogP contribution in [0.3, 0.4) is 0 Å². The molecule has 6 heteroatoms. The Hall–Kier alpha value is -1.69. The highest BCUT2D eigenvalue weighted by Gasteiger charge is 2.29. The molecule has 0 aromatic carbocycles. The predicted octanol–water partition coefficient (Wildman–Crippen LogP) is 1.65. The van der Waals surface area contributed by atoms with Gasteiger partial charge in [-0.15, -0.1) is 0 Å². The van der Waals surface area contributed by atoms with Crippen molar-refractivity contribution in [2.24, 2.45) is 17.6 Å². The highest BCUT2D eigenvalue weighted by atomic mass is 16.1. The van der Waals surface area contributed by atoms with Gasteiger partial charge in [0.05, 0.1) is 0 Å². The molecular formula is C17H27N5O. The normalized spacial score (nSPS) is 30.3. The van der Waals surface area contributed by atoms with E-state index < -0.39 is 0 Å². The van der Waals surface area contributed by atoms with Crippen LogP contribution in [0.25, 0.3) is 0 Å². The molecule has 2 fully saturated rings. The molecule has 0 aliphatic heterocycles. The van der Waals surface area contributed by atoms with E-state index in [-0.39, 0.29) is 11.8 Å². The summed E-state index contributed by atoms with van der Waals surface area (Å²) in [6.07, 6.45) is 7.87. The monoisotopic (exact) mass is 317 g/mol. The molecule has 3 rings (SSSR count). The molecule has 4 N–H and O–H groups in total. The second kappa shape index (κ2) is 7.25. The average molecular weight is 317 g/mol. The van der Waals surface area contributed by atoms with Gasteiger partial charge in [0, 0.05) is 43.2 Å². The number of nitrogens with zero attached hydrogens (tertiary/aromatic N) is 2. The molecule has 0 bridgehead atoms. The number of amides is 1. The first-order valence-corrected chi connectivity index (χ1v) is 8.68. The van der Waals surface area contributed by atoms with Gasteiger partial charge in [-0.2, -0.15) is 0 Å². The molecule has 2 saturated carbocycles. The lowest BCUT2D eigenvalue weighted by molar-refractivity contribution is -0.125. The number of hydrogen-bond donors (Lipinski definition) is 3. The Balaban J connectivity index is 1.46. The molecule has 2 aliphatic rings. The topological polar surface area (TPSA) is 92.9 Å². The molecule has 0 unspecified atom stereocenters. The lowest BCUT2D eigenvalue weighted by Gasteiger charge is -2.32. The molecule has 0 saturated heterocycles. The fourth-order valence-electron chi connectivity index (χ4n) is 3.68. The van der Waals surface area contributed by atoms with Gasteiger partial charge in [0.2, 0.25) is 5.91 Å². The van der Waals surface area contributed by atoms with Crippen LogP contribution in [0.5, 0.6) is 0 Å². The van der Waals surface area contributed by atoms with E-state index >= 15 is 0 Å². The van der Waals surface area contributed by atoms with Crippen molar-refractivity contribution in [1.29, 1.82) is 0 Å². The van der Waals surface area contributed by atoms with Gasteiger partial charge >= 0.3 is 0 Å². The van der Waals surface area contributed by atoms with Crippen LogP contribution in [0.4, 0.5) is 5.82 Å². The Morgan fingerprint density at radius 3 is 2.65 bits per heavy atom. The minimum atomic E-state index is 0.190. The van der Waals surface area contributed by atoms with Crippen molar-refractivity contribution in [2.75, 3.05) is 18.9 Å². The van der Waals surface area contributed by atoms with Crippen molar-refractivity contribution in [3.8, 4) is 0 Å². The van der Waals surface area contributed by atoms with E-state index in [9.17, 15) is 4.79 Å². The van der Waals surface area contributed by atoms with Crippen LogP contribution in [-0.4, -0.2) is 35.5 Å². The molecule has 1 aromatic heterocycles. The van der Waals surface area contributed by atoms with Crippen molar-refractivity contribution in [1.82, 2.24) is 15.3 Å². The predicted molar refractivity (Wildman–Crippen MR) is 90.0 cm³/mol. The molecule has 2 aliphatic carbocycles. The maximum atomic E-state index is 11.7. The molecular weight excluding hydrogens is 290 g/mol. The van der Waals surface area contributed by atoms with E-state index in [0.29, 0.717) is 17.9 Å². The number of hydrogen-bond acceptors (Lipinski definition) is 5. The van der Waals surface area contributed by atoms with E-state index in [1.54, 1.807) is 13.4 Å². The van der Waals surface area contributed by atoms with Crippen LogP contribution in [0.15, 0.2) is 12.4 Å². The maximum absolute atomic E-state index is 11.7. The first-order valence-electron chi connectivity index (χ1n) is 8.68. The van der Waals surface area contributed by atoms with Crippen LogP contribution in [-0.2, 0) is 4.79 Å². The van der Waals surface area contributed by atoms with Crippen LogP contribution in [0.1, 0.15) is 50.1 Å². The van der Waals surface area contributed by atoms with Gasteiger partial charge in [0.25, 0.3) is 0 Å². The van der Waals surface area contributed by atoms with Gasteiger partial charge in [-0.05, 0) is 44.4 Å². The van der Waals surface area contributed by atoms with Gasteiger partial charge in [0.15, 0.2) is 0 Å². The second-order valence-corrected chi connectivity index (χ2v) is 6.97. The summed E-state index contributed by atoms with van der Waals surface area (Å²) in [6, 6.07) is 2.40. The van der Waals surface area contributed by atoms with Crippen molar-refractivity contribution in [3.05, 3.63) is 18.1 Å². The average Bonchev–Trinajstić information content (AvgIpc) is 2.57. The molecule has 1 heterocycles. The summed E-state index contributed by atoms with van der Waals surface area (Å²) in [7, 11) is 1.72. The van der Waals surface area contributed by atoms with E-state index in [2.05, 4.69) is 26.7 Å². The fraction of sp³-hybridized carbons (Fsp3) is 0.706. The molecule has 126 valence electrons. The molecule has 0 atom stereocenters. The smallest absolute Gasteiger partial charge is 0.222 e. The molecule has 1 aromatic rings. The zero-order valence-corrected chi connectivity index (χ0v) is 13.8. The number of nitrogens with two attached hydrogens (primary N) is 1. The third kappa shape index (κ3) is 3.99. The summed E-state index contributed by atoms with van der Waals surface area (Å²) < 4.78 is 0. The first kappa shape index (κ1) is 16.2. The van der Waals surface area contributed by atoms with Crippen molar-refractivity contribution >= 4 is 11.7 Å². The van der Waals surface area contributed by atoms with Crippen LogP contribution >= 0.6 is 0 Å². The zero-order chi connectivity index (χ0) is 16.2. The summed E-state index contributed by atoms with van der Waals surface area (Å²) in [5.41, 5.74) is 6.96. The highest BCUT2D eigenvalue weighted by molar-refractivity contribution is 5.78. The van der Waals surface area contributed by atoms with E-state index in [4.69, 9.17) is 5.73 Å². The van der Waals surface area contributed by atoms with Crippen LogP contribution < -0.4 is 16.4 Å². The molecule has 1 amide bonds. The number of anilines is 1. The lowest BCUT2D eigenvalue weighted by Crippen LogP contribution is -2.35. The second-order valence-electron chi connectivity index (χ2n) is 6.97. The Morgan fingerprint density at radius 1 is 1.26 bits per heavy atom. The number of aromatic nitrogens is 2. The summed E-state index contributed by atoms with van der Waals surface area (Å²) in [5.74, 6) is 2.41. The Labute approximate surface area is 137 Å². The molecule has 0 spiro atoms. The highest BCUT2D eigenvalue weighted by Crippen LogP contribution is 2.35. The Kier molecular flexibility index (Phi) is 5.10. The van der Waals surface area contributed by atoms with Crippen LogP contribution in [0.2, 0.25) is 0 Å². The quantitative estimate of drug-likeness (QED) is 0.768. The van der Waals surface area contributed by atoms with E-state index in [1.807, 2.05) is 0 Å². The van der Waals surface area contributed by atoms with Gasteiger partial charge in [-0.3, -0.25) is 4.79 Å². The standard InChI is InChI=1S/C17H27N5O/c1-19-17(23)12-4-2-11(3-5-12)9-20-16-8-15(21-10-22-16)13-6-14(18)7-13/h8,10-14H,2-7,9,18H2,1H3,(H,19,23)(H,20,21,22). The first-order chi connectivity index (χ1) is 11.2. The van der Waals surface area contributed by atoms with Crippen molar-refractivity contribution in [2.45, 2.75) is 50.5 Å². The zero-order valence-electron chi connectivity index (χ0n) is 13.8. The van der Waals surface area contributed by atoms with E-state index in [1.165, 1.54) is 0 Å². The minimum absolute atomic E-state index is 0.190. The third-order valence-corrected chi connectivity index (χ3v) is 5.32. The number of carbonyl (C=O) groups is 1. The number of nitrogens with one attached hydrogen (secondary N) is 2. The Bertz CT molecular complexity index is 536. The lowest BCUT2D eigenvalue weighted by atomic mass is 9.78. The summed E-state index contributed by atoms with van der Waals surface area (Å²) in [4.78, 5) is 20.4. The van der Waals surface area contributed by atoms with E-state index in [0.717, 1.165) is 56.6 Å². The molecule has 23 heavy (non-hydrogen) atoms. The van der Waals surface area contributed by atoms with Crippen LogP contribution in [0, 0.1) is 11.8 Å². The van der Waals surface area contributed by atoms with Gasteiger partial charge < -0.3 is 16.4 Å². The number of rotatable bonds is 5. The maximum Gasteiger partial charge on any atom is 0.222 e. The molecule has 6 nitrogen and oxygen atoms in total.